The van der Waals surface area contributed by atoms with Gasteiger partial charge in [-0.3, -0.25) is 9.78 Å². The average molecular weight is 499 g/mol. The highest BCUT2D eigenvalue weighted by Gasteiger charge is 2.42. The zero-order chi connectivity index (χ0) is 26.3. The first-order valence-corrected chi connectivity index (χ1v) is 13.4. The quantitative estimate of drug-likeness (QED) is 0.344. The van der Waals surface area contributed by atoms with E-state index in [0.717, 1.165) is 36.4 Å². The van der Waals surface area contributed by atoms with Crippen LogP contribution < -0.4 is 10.1 Å². The van der Waals surface area contributed by atoms with E-state index in [1.165, 1.54) is 33.4 Å². The van der Waals surface area contributed by atoms with E-state index in [4.69, 9.17) is 4.74 Å². The molecule has 37 heavy (non-hydrogen) atoms. The summed E-state index contributed by atoms with van der Waals surface area (Å²) in [5, 5.41) is 13.7. The number of aryl methyl sites for hydroxylation is 2. The van der Waals surface area contributed by atoms with Crippen LogP contribution in [0, 0.1) is 19.8 Å². The molecule has 3 aromatic rings. The fraction of sp³-hybridized carbons (Fsp3) is 0.438. The number of hydrogen-bond acceptors (Lipinski definition) is 5. The van der Waals surface area contributed by atoms with Crippen LogP contribution in [0.3, 0.4) is 0 Å². The van der Waals surface area contributed by atoms with Crippen molar-refractivity contribution < 1.29 is 14.6 Å². The third-order valence-electron chi connectivity index (χ3n) is 7.85. The van der Waals surface area contributed by atoms with Crippen molar-refractivity contribution >= 4 is 11.5 Å². The summed E-state index contributed by atoms with van der Waals surface area (Å²) in [5.41, 5.74) is 9.06. The Kier molecular flexibility index (Phi) is 6.84. The summed E-state index contributed by atoms with van der Waals surface area (Å²) < 4.78 is 5.96. The van der Waals surface area contributed by atoms with Crippen LogP contribution in [-0.4, -0.2) is 28.1 Å². The molecule has 2 N–H and O–H groups in total. The maximum absolute atomic E-state index is 11.6. The largest absolute Gasteiger partial charge is 0.493 e. The van der Waals surface area contributed by atoms with Crippen molar-refractivity contribution in [3.05, 3.63) is 76.6 Å². The summed E-state index contributed by atoms with van der Waals surface area (Å²) in [6.45, 7) is 10.1. The summed E-state index contributed by atoms with van der Waals surface area (Å²) in [6.07, 6.45) is 5.50. The smallest absolute Gasteiger partial charge is 0.133 e. The van der Waals surface area contributed by atoms with Crippen molar-refractivity contribution in [2.24, 2.45) is 5.92 Å². The Hall–Kier alpha value is -3.18. The van der Waals surface area contributed by atoms with Crippen molar-refractivity contribution in [3.8, 4) is 16.9 Å². The predicted molar refractivity (Wildman–Crippen MR) is 148 cm³/mol. The molecule has 0 bridgehead atoms. The van der Waals surface area contributed by atoms with Gasteiger partial charge in [-0.1, -0.05) is 18.2 Å². The molecule has 5 rings (SSSR count). The van der Waals surface area contributed by atoms with Gasteiger partial charge in [0, 0.05) is 24.0 Å². The SMILES string of the molecule is CC(=O)[C@H]1C[C@@H]1c1ccc(N[C@@H]2CCc3c(-c4c(C)cc(OCCC(C)(C)O)cc4C)cccc32)cn1. The number of hydrogen-bond donors (Lipinski definition) is 2. The Labute approximate surface area is 220 Å². The van der Waals surface area contributed by atoms with Crippen molar-refractivity contribution in [2.75, 3.05) is 11.9 Å². The number of Topliss-reactive ketones (excluding diaryl/α,β-unsaturated/α-hetero) is 1. The second kappa shape index (κ2) is 9.94. The van der Waals surface area contributed by atoms with Crippen LogP contribution in [0.2, 0.25) is 0 Å². The first kappa shape index (κ1) is 25.5. The number of fused-ring (bicyclic) bond motifs is 1. The Morgan fingerprint density at radius 3 is 2.54 bits per heavy atom. The minimum absolute atomic E-state index is 0.159. The summed E-state index contributed by atoms with van der Waals surface area (Å²) in [5.74, 6) is 1.58. The van der Waals surface area contributed by atoms with Crippen LogP contribution in [0.1, 0.15) is 79.9 Å². The number of pyridine rings is 1. The van der Waals surface area contributed by atoms with Crippen molar-refractivity contribution in [2.45, 2.75) is 77.9 Å². The van der Waals surface area contributed by atoms with Gasteiger partial charge in [0.25, 0.3) is 0 Å². The summed E-state index contributed by atoms with van der Waals surface area (Å²) in [4.78, 5) is 16.3. The van der Waals surface area contributed by atoms with Crippen LogP contribution in [-0.2, 0) is 11.2 Å². The van der Waals surface area contributed by atoms with Crippen LogP contribution in [0.5, 0.6) is 5.75 Å². The van der Waals surface area contributed by atoms with Gasteiger partial charge in [-0.15, -0.1) is 0 Å². The number of benzene rings is 2. The number of ketones is 1. The zero-order valence-corrected chi connectivity index (χ0v) is 22.6. The number of aromatic nitrogens is 1. The maximum Gasteiger partial charge on any atom is 0.133 e. The molecule has 0 aliphatic heterocycles. The molecule has 2 aromatic carbocycles. The second-order valence-corrected chi connectivity index (χ2v) is 11.5. The number of aliphatic hydroxyl groups is 1. The van der Waals surface area contributed by atoms with Crippen molar-refractivity contribution in [3.63, 3.8) is 0 Å². The van der Waals surface area contributed by atoms with Gasteiger partial charge < -0.3 is 15.2 Å². The molecule has 1 fully saturated rings. The lowest BCUT2D eigenvalue weighted by atomic mass is 9.90. The zero-order valence-electron chi connectivity index (χ0n) is 22.6. The summed E-state index contributed by atoms with van der Waals surface area (Å²) >= 11 is 0. The summed E-state index contributed by atoms with van der Waals surface area (Å²) in [6, 6.07) is 15.3. The lowest BCUT2D eigenvalue weighted by Gasteiger charge is -2.20. The average Bonchev–Trinajstić information content (AvgIpc) is 3.53. The molecule has 2 aliphatic carbocycles. The topological polar surface area (TPSA) is 71.5 Å². The fourth-order valence-corrected chi connectivity index (χ4v) is 5.77. The lowest BCUT2D eigenvalue weighted by Crippen LogP contribution is -2.21. The predicted octanol–water partition coefficient (Wildman–Crippen LogP) is 6.70. The monoisotopic (exact) mass is 498 g/mol. The maximum atomic E-state index is 11.6. The van der Waals surface area contributed by atoms with Gasteiger partial charge in [0.05, 0.1) is 30.1 Å². The molecule has 5 heteroatoms. The molecule has 194 valence electrons. The van der Waals surface area contributed by atoms with Crippen molar-refractivity contribution in [1.82, 2.24) is 4.98 Å². The molecule has 0 unspecified atom stereocenters. The minimum atomic E-state index is -0.729. The van der Waals surface area contributed by atoms with Gasteiger partial charge in [-0.2, -0.15) is 0 Å². The van der Waals surface area contributed by atoms with Crippen LogP contribution in [0.25, 0.3) is 11.1 Å². The molecule has 3 atom stereocenters. The molecule has 0 radical (unpaired) electrons. The molecule has 5 nitrogen and oxygen atoms in total. The highest BCUT2D eigenvalue weighted by atomic mass is 16.5. The molecule has 0 amide bonds. The van der Waals surface area contributed by atoms with E-state index in [0.29, 0.717) is 18.9 Å². The fourth-order valence-electron chi connectivity index (χ4n) is 5.77. The van der Waals surface area contributed by atoms with Gasteiger partial charge in [0.1, 0.15) is 11.5 Å². The standard InChI is InChI=1S/C32H38N2O3/c1-19-15-23(37-14-13-32(4,5)36)16-20(2)31(19)26-8-6-7-25-24(26)10-12-30(25)34-22-9-11-29(33-18-22)28-17-27(28)21(3)35/h6-9,11,15-16,18,27-28,30,34,36H,10,12-14,17H2,1-5H3/t27-,28+,30-/m1/s1. The number of ether oxygens (including phenoxy) is 1. The van der Waals surface area contributed by atoms with Gasteiger partial charge >= 0.3 is 0 Å². The number of nitrogens with one attached hydrogen (secondary N) is 1. The lowest BCUT2D eigenvalue weighted by molar-refractivity contribution is -0.118. The molecule has 1 aromatic heterocycles. The molecule has 1 saturated carbocycles. The normalized spacial score (nSPS) is 20.4. The van der Waals surface area contributed by atoms with Gasteiger partial charge in [-0.25, -0.2) is 0 Å². The van der Waals surface area contributed by atoms with Gasteiger partial charge in [0.15, 0.2) is 0 Å². The number of rotatable bonds is 9. The van der Waals surface area contributed by atoms with E-state index in [2.05, 4.69) is 66.6 Å². The molecular formula is C32H38N2O3. The number of carbonyl (C=O) groups excluding carboxylic acids is 1. The Bertz CT molecular complexity index is 1280. The van der Waals surface area contributed by atoms with Gasteiger partial charge in [-0.05, 0) is 112 Å². The highest BCUT2D eigenvalue weighted by molar-refractivity contribution is 5.82. The van der Waals surface area contributed by atoms with E-state index < -0.39 is 5.60 Å². The van der Waals surface area contributed by atoms with E-state index >= 15 is 0 Å². The van der Waals surface area contributed by atoms with Crippen molar-refractivity contribution in [1.29, 1.82) is 0 Å². The third kappa shape index (κ3) is 5.57. The van der Waals surface area contributed by atoms with E-state index in [1.807, 2.05) is 6.20 Å². The number of anilines is 1. The Balaban J connectivity index is 1.32. The molecule has 0 saturated heterocycles. The molecule has 0 spiro atoms. The molecule has 1 heterocycles. The van der Waals surface area contributed by atoms with E-state index in [-0.39, 0.29) is 17.7 Å². The number of nitrogens with zero attached hydrogens (tertiary/aromatic N) is 1. The second-order valence-electron chi connectivity index (χ2n) is 11.5. The first-order chi connectivity index (χ1) is 17.6. The first-order valence-electron chi connectivity index (χ1n) is 13.4. The van der Waals surface area contributed by atoms with Crippen LogP contribution in [0.15, 0.2) is 48.7 Å². The molecular weight excluding hydrogens is 460 g/mol. The molecule has 2 aliphatic rings. The Morgan fingerprint density at radius 1 is 1.16 bits per heavy atom. The Morgan fingerprint density at radius 2 is 1.92 bits per heavy atom. The summed E-state index contributed by atoms with van der Waals surface area (Å²) in [7, 11) is 0. The minimum Gasteiger partial charge on any atom is -0.493 e. The van der Waals surface area contributed by atoms with E-state index in [1.54, 1.807) is 20.8 Å². The third-order valence-corrected chi connectivity index (χ3v) is 7.85. The highest BCUT2D eigenvalue weighted by Crippen LogP contribution is 2.47. The van der Waals surface area contributed by atoms with Gasteiger partial charge in [0.2, 0.25) is 0 Å². The van der Waals surface area contributed by atoms with Crippen LogP contribution >= 0.6 is 0 Å². The van der Waals surface area contributed by atoms with E-state index in [9.17, 15) is 9.90 Å². The van der Waals surface area contributed by atoms with Crippen LogP contribution in [0.4, 0.5) is 5.69 Å². The number of carbonyl (C=O) groups is 1.